The molecule has 2 heteroatoms. The fourth-order valence-corrected chi connectivity index (χ4v) is 3.28. The molecule has 1 nitrogen and oxygen atoms in total. The van der Waals surface area contributed by atoms with Gasteiger partial charge in [0.1, 0.15) is 0 Å². The summed E-state index contributed by atoms with van der Waals surface area (Å²) in [6, 6.07) is 12.0. The average Bonchev–Trinajstić information content (AvgIpc) is 2.36. The van der Waals surface area contributed by atoms with Gasteiger partial charge in [0, 0.05) is 12.1 Å². The van der Waals surface area contributed by atoms with E-state index in [1.165, 1.54) is 24.2 Å². The first-order valence-electron chi connectivity index (χ1n) is 7.26. The molecule has 0 saturated heterocycles. The summed E-state index contributed by atoms with van der Waals surface area (Å²) in [5.41, 5.74) is 1.66. The van der Waals surface area contributed by atoms with E-state index in [-0.39, 0.29) is 5.41 Å². The van der Waals surface area contributed by atoms with Crippen LogP contribution in [0.2, 0.25) is 0 Å². The Hall–Kier alpha value is -0.470. The maximum Gasteiger partial charge on any atom is 0.00494 e. The first-order chi connectivity index (χ1) is 8.95. The number of thioether (sulfide) groups is 1. The number of benzene rings is 1. The lowest BCUT2D eigenvalue weighted by Crippen LogP contribution is -2.38. The molecule has 0 aromatic heterocycles. The normalized spacial score (nSPS) is 15.2. The van der Waals surface area contributed by atoms with Crippen LogP contribution in [-0.2, 0) is 5.41 Å². The van der Waals surface area contributed by atoms with Crippen LogP contribution in [0.5, 0.6) is 0 Å². The highest BCUT2D eigenvalue weighted by atomic mass is 32.2. The van der Waals surface area contributed by atoms with E-state index in [1.807, 2.05) is 11.8 Å². The van der Waals surface area contributed by atoms with E-state index < -0.39 is 0 Å². The molecule has 0 radical (unpaired) electrons. The predicted octanol–water partition coefficient (Wildman–Crippen LogP) is 4.47. The van der Waals surface area contributed by atoms with E-state index in [0.717, 1.165) is 0 Å². The SMILES string of the molecule is CSCCC(C)NC(C)CC(C)(C)c1ccccc1. The Labute approximate surface area is 123 Å². The van der Waals surface area contributed by atoms with Crippen molar-refractivity contribution < 1.29 is 0 Å². The van der Waals surface area contributed by atoms with E-state index >= 15 is 0 Å². The Morgan fingerprint density at radius 1 is 1.11 bits per heavy atom. The number of nitrogens with one attached hydrogen (secondary N) is 1. The van der Waals surface area contributed by atoms with Gasteiger partial charge in [-0.05, 0) is 49.7 Å². The highest BCUT2D eigenvalue weighted by Gasteiger charge is 2.23. The van der Waals surface area contributed by atoms with Gasteiger partial charge in [-0.3, -0.25) is 0 Å². The summed E-state index contributed by atoms with van der Waals surface area (Å²) >= 11 is 1.93. The lowest BCUT2D eigenvalue weighted by atomic mass is 9.79. The van der Waals surface area contributed by atoms with Crippen molar-refractivity contribution in [3.05, 3.63) is 35.9 Å². The van der Waals surface area contributed by atoms with E-state index in [1.54, 1.807) is 0 Å². The molecule has 0 aliphatic rings. The minimum absolute atomic E-state index is 0.229. The van der Waals surface area contributed by atoms with Crippen LogP contribution in [0.4, 0.5) is 0 Å². The average molecular weight is 279 g/mol. The maximum atomic E-state index is 3.73. The molecular weight excluding hydrogens is 250 g/mol. The highest BCUT2D eigenvalue weighted by molar-refractivity contribution is 7.98. The molecule has 0 fully saturated rings. The first-order valence-corrected chi connectivity index (χ1v) is 8.65. The molecule has 0 aliphatic heterocycles. The van der Waals surface area contributed by atoms with Crippen LogP contribution >= 0.6 is 11.8 Å². The summed E-state index contributed by atoms with van der Waals surface area (Å²) in [7, 11) is 0. The van der Waals surface area contributed by atoms with E-state index in [2.05, 4.69) is 69.6 Å². The van der Waals surface area contributed by atoms with Gasteiger partial charge in [0.25, 0.3) is 0 Å². The molecule has 2 unspecified atom stereocenters. The minimum atomic E-state index is 0.229. The Morgan fingerprint density at radius 3 is 2.32 bits per heavy atom. The molecule has 0 spiro atoms. The third-order valence-corrected chi connectivity index (χ3v) is 4.34. The van der Waals surface area contributed by atoms with Crippen LogP contribution in [0, 0.1) is 0 Å². The topological polar surface area (TPSA) is 12.0 Å². The predicted molar refractivity (Wildman–Crippen MR) is 89.1 cm³/mol. The van der Waals surface area contributed by atoms with Gasteiger partial charge in [-0.25, -0.2) is 0 Å². The summed E-state index contributed by atoms with van der Waals surface area (Å²) in [6.45, 7) is 9.28. The minimum Gasteiger partial charge on any atom is -0.312 e. The van der Waals surface area contributed by atoms with Gasteiger partial charge < -0.3 is 5.32 Å². The zero-order valence-corrected chi connectivity index (χ0v) is 13.9. The smallest absolute Gasteiger partial charge is 0.00494 e. The van der Waals surface area contributed by atoms with Crippen LogP contribution in [0.3, 0.4) is 0 Å². The third kappa shape index (κ3) is 6.01. The standard InChI is InChI=1S/C17H29NS/c1-14(11-12-19-5)18-15(2)13-17(3,4)16-9-7-6-8-10-16/h6-10,14-15,18H,11-13H2,1-5H3. The van der Waals surface area contributed by atoms with Gasteiger partial charge in [0.05, 0.1) is 0 Å². The highest BCUT2D eigenvalue weighted by Crippen LogP contribution is 2.28. The zero-order valence-electron chi connectivity index (χ0n) is 13.1. The third-order valence-electron chi connectivity index (χ3n) is 3.70. The first kappa shape index (κ1) is 16.6. The fraction of sp³-hybridized carbons (Fsp3) is 0.647. The number of hydrogen-bond acceptors (Lipinski definition) is 2. The van der Waals surface area contributed by atoms with E-state index in [4.69, 9.17) is 0 Å². The van der Waals surface area contributed by atoms with Gasteiger partial charge in [-0.15, -0.1) is 0 Å². The quantitative estimate of drug-likeness (QED) is 0.753. The molecule has 0 aliphatic carbocycles. The summed E-state index contributed by atoms with van der Waals surface area (Å²) in [4.78, 5) is 0. The van der Waals surface area contributed by atoms with Gasteiger partial charge in [0.15, 0.2) is 0 Å². The van der Waals surface area contributed by atoms with Crippen LogP contribution < -0.4 is 5.32 Å². The number of hydrogen-bond donors (Lipinski definition) is 1. The van der Waals surface area contributed by atoms with Crippen molar-refractivity contribution in [2.75, 3.05) is 12.0 Å². The van der Waals surface area contributed by atoms with Gasteiger partial charge in [-0.1, -0.05) is 44.2 Å². The molecule has 0 bridgehead atoms. The van der Waals surface area contributed by atoms with Crippen LogP contribution in [-0.4, -0.2) is 24.1 Å². The fourth-order valence-electron chi connectivity index (χ4n) is 2.70. The van der Waals surface area contributed by atoms with E-state index in [0.29, 0.717) is 12.1 Å². The summed E-state index contributed by atoms with van der Waals surface area (Å²) in [6.07, 6.45) is 4.59. The second kappa shape index (κ2) is 7.96. The van der Waals surface area contributed by atoms with Gasteiger partial charge in [0.2, 0.25) is 0 Å². The van der Waals surface area contributed by atoms with Crippen molar-refractivity contribution in [2.45, 2.75) is 58.0 Å². The van der Waals surface area contributed by atoms with Crippen molar-refractivity contribution in [1.29, 1.82) is 0 Å². The molecule has 108 valence electrons. The van der Waals surface area contributed by atoms with Crippen molar-refractivity contribution in [1.82, 2.24) is 5.32 Å². The Balaban J connectivity index is 2.49. The Bertz CT molecular complexity index is 348. The molecule has 0 amide bonds. The summed E-state index contributed by atoms with van der Waals surface area (Å²) in [5, 5.41) is 3.73. The molecule has 1 aromatic rings. The molecule has 0 heterocycles. The van der Waals surface area contributed by atoms with Crippen molar-refractivity contribution in [3.63, 3.8) is 0 Å². The monoisotopic (exact) mass is 279 g/mol. The number of rotatable bonds is 8. The second-order valence-electron chi connectivity index (χ2n) is 6.20. The summed E-state index contributed by atoms with van der Waals surface area (Å²) in [5.74, 6) is 1.24. The molecule has 2 atom stereocenters. The molecule has 19 heavy (non-hydrogen) atoms. The lowest BCUT2D eigenvalue weighted by molar-refractivity contribution is 0.360. The molecule has 1 rings (SSSR count). The maximum absolute atomic E-state index is 3.73. The molecular formula is C17H29NS. The molecule has 1 N–H and O–H groups in total. The van der Waals surface area contributed by atoms with Crippen LogP contribution in [0.1, 0.15) is 46.1 Å². The van der Waals surface area contributed by atoms with Crippen molar-refractivity contribution in [2.24, 2.45) is 0 Å². The van der Waals surface area contributed by atoms with Crippen LogP contribution in [0.15, 0.2) is 30.3 Å². The lowest BCUT2D eigenvalue weighted by Gasteiger charge is -2.30. The van der Waals surface area contributed by atoms with Crippen LogP contribution in [0.25, 0.3) is 0 Å². The molecule has 0 saturated carbocycles. The molecule has 1 aromatic carbocycles. The Kier molecular flexibility index (Phi) is 6.95. The second-order valence-corrected chi connectivity index (χ2v) is 7.19. The Morgan fingerprint density at radius 2 is 1.74 bits per heavy atom. The summed E-state index contributed by atoms with van der Waals surface area (Å²) < 4.78 is 0. The van der Waals surface area contributed by atoms with Crippen molar-refractivity contribution in [3.8, 4) is 0 Å². The zero-order chi connectivity index (χ0) is 14.3. The largest absolute Gasteiger partial charge is 0.312 e. The van der Waals surface area contributed by atoms with E-state index in [9.17, 15) is 0 Å². The van der Waals surface area contributed by atoms with Crippen molar-refractivity contribution >= 4 is 11.8 Å². The van der Waals surface area contributed by atoms with Gasteiger partial charge in [-0.2, -0.15) is 11.8 Å². The van der Waals surface area contributed by atoms with Gasteiger partial charge >= 0.3 is 0 Å².